The Morgan fingerprint density at radius 2 is 1.80 bits per heavy atom. The van der Waals surface area contributed by atoms with Crippen molar-refractivity contribution in [3.8, 4) is 0 Å². The summed E-state index contributed by atoms with van der Waals surface area (Å²) in [6.07, 6.45) is -2.65. The van der Waals surface area contributed by atoms with E-state index in [1.807, 2.05) is 6.92 Å². The molecule has 0 radical (unpaired) electrons. The molecular formula is C11H22F3N. The molecular weight excluding hydrogens is 203 g/mol. The molecule has 0 fully saturated rings. The third kappa shape index (κ3) is 8.73. The first kappa shape index (κ1) is 14.8. The van der Waals surface area contributed by atoms with Gasteiger partial charge in [0.1, 0.15) is 0 Å². The Bertz CT molecular complexity index is 156. The summed E-state index contributed by atoms with van der Waals surface area (Å²) in [6, 6.07) is 0.00609. The number of hydrogen-bond donors (Lipinski definition) is 1. The van der Waals surface area contributed by atoms with Crippen molar-refractivity contribution in [2.24, 2.45) is 5.92 Å². The zero-order valence-corrected chi connectivity index (χ0v) is 9.82. The Morgan fingerprint density at radius 1 is 1.20 bits per heavy atom. The second-order valence-corrected chi connectivity index (χ2v) is 4.16. The minimum absolute atomic E-state index is 0.00609. The van der Waals surface area contributed by atoms with Gasteiger partial charge in [-0.25, -0.2) is 0 Å². The summed E-state index contributed by atoms with van der Waals surface area (Å²) in [5, 5.41) is 3.12. The van der Waals surface area contributed by atoms with Crippen LogP contribution in [0.2, 0.25) is 0 Å². The molecule has 0 aliphatic carbocycles. The van der Waals surface area contributed by atoms with E-state index in [9.17, 15) is 13.2 Å². The highest BCUT2D eigenvalue weighted by molar-refractivity contribution is 4.70. The van der Waals surface area contributed by atoms with Gasteiger partial charge in [0, 0.05) is 12.5 Å². The van der Waals surface area contributed by atoms with Crippen LogP contribution >= 0.6 is 0 Å². The molecule has 0 aromatic heterocycles. The smallest absolute Gasteiger partial charge is 0.314 e. The first-order chi connectivity index (χ1) is 6.89. The molecule has 0 saturated heterocycles. The lowest BCUT2D eigenvalue weighted by Gasteiger charge is -2.21. The molecule has 92 valence electrons. The summed E-state index contributed by atoms with van der Waals surface area (Å²) in [5.41, 5.74) is 0. The molecule has 0 aliphatic heterocycles. The molecule has 1 N–H and O–H groups in total. The van der Waals surface area contributed by atoms with Gasteiger partial charge in [0.05, 0.1) is 0 Å². The normalized spacial score (nSPS) is 16.4. The Balaban J connectivity index is 3.93. The molecule has 0 heterocycles. The minimum atomic E-state index is -4.02. The van der Waals surface area contributed by atoms with Crippen molar-refractivity contribution in [2.45, 2.75) is 58.7 Å². The second-order valence-electron chi connectivity index (χ2n) is 4.16. The van der Waals surface area contributed by atoms with E-state index in [2.05, 4.69) is 19.2 Å². The fraction of sp³-hybridized carbons (Fsp3) is 1.00. The summed E-state index contributed by atoms with van der Waals surface area (Å²) in [6.45, 7) is 6.81. The first-order valence-electron chi connectivity index (χ1n) is 5.69. The van der Waals surface area contributed by atoms with Crippen LogP contribution in [0.5, 0.6) is 0 Å². The zero-order valence-electron chi connectivity index (χ0n) is 9.82. The molecule has 1 nitrogen and oxygen atoms in total. The van der Waals surface area contributed by atoms with Gasteiger partial charge in [-0.1, -0.05) is 27.2 Å². The standard InChI is InChI=1S/C11H22F3N/c1-4-9(3)8-10(15-5-2)6-7-11(12,13)14/h9-10,15H,4-8H2,1-3H3. The topological polar surface area (TPSA) is 12.0 Å². The maximum Gasteiger partial charge on any atom is 0.389 e. The van der Waals surface area contributed by atoms with Crippen LogP contribution in [0.15, 0.2) is 0 Å². The van der Waals surface area contributed by atoms with Crippen molar-refractivity contribution < 1.29 is 13.2 Å². The number of alkyl halides is 3. The van der Waals surface area contributed by atoms with E-state index in [1.54, 1.807) is 0 Å². The quantitative estimate of drug-likeness (QED) is 0.696. The van der Waals surface area contributed by atoms with Crippen molar-refractivity contribution >= 4 is 0 Å². The Hall–Kier alpha value is -0.250. The SMILES string of the molecule is CCNC(CCC(F)(F)F)CC(C)CC. The predicted molar refractivity (Wildman–Crippen MR) is 56.8 cm³/mol. The molecule has 0 amide bonds. The van der Waals surface area contributed by atoms with Crippen molar-refractivity contribution in [3.63, 3.8) is 0 Å². The lowest BCUT2D eigenvalue weighted by Crippen LogP contribution is -2.31. The maximum atomic E-state index is 12.0. The van der Waals surface area contributed by atoms with Crippen LogP contribution in [0.25, 0.3) is 0 Å². The van der Waals surface area contributed by atoms with E-state index in [-0.39, 0.29) is 12.5 Å². The second kappa shape index (κ2) is 7.09. The minimum Gasteiger partial charge on any atom is -0.314 e. The molecule has 0 aromatic carbocycles. The zero-order chi connectivity index (χ0) is 11.9. The first-order valence-corrected chi connectivity index (χ1v) is 5.69. The summed E-state index contributed by atoms with van der Waals surface area (Å²) < 4.78 is 36.1. The number of nitrogens with one attached hydrogen (secondary N) is 1. The van der Waals surface area contributed by atoms with Gasteiger partial charge in [0.15, 0.2) is 0 Å². The molecule has 4 heteroatoms. The number of halogens is 3. The molecule has 0 spiro atoms. The molecule has 0 aromatic rings. The van der Waals surface area contributed by atoms with Gasteiger partial charge in [0.2, 0.25) is 0 Å². The van der Waals surface area contributed by atoms with Crippen molar-refractivity contribution in [3.05, 3.63) is 0 Å². The molecule has 0 bridgehead atoms. The van der Waals surface area contributed by atoms with Gasteiger partial charge in [-0.3, -0.25) is 0 Å². The van der Waals surface area contributed by atoms with Crippen LogP contribution in [0, 0.1) is 5.92 Å². The van der Waals surface area contributed by atoms with E-state index >= 15 is 0 Å². The number of rotatable bonds is 7. The van der Waals surface area contributed by atoms with Crippen molar-refractivity contribution in [2.75, 3.05) is 6.54 Å². The molecule has 2 unspecified atom stereocenters. The lowest BCUT2D eigenvalue weighted by atomic mass is 9.96. The highest BCUT2D eigenvalue weighted by Gasteiger charge is 2.28. The highest BCUT2D eigenvalue weighted by atomic mass is 19.4. The van der Waals surface area contributed by atoms with Gasteiger partial charge < -0.3 is 5.32 Å². The average Bonchev–Trinajstić information content (AvgIpc) is 2.13. The van der Waals surface area contributed by atoms with Crippen LogP contribution in [0.3, 0.4) is 0 Å². The Kier molecular flexibility index (Phi) is 6.98. The van der Waals surface area contributed by atoms with Gasteiger partial charge in [-0.2, -0.15) is 13.2 Å². The van der Waals surface area contributed by atoms with Gasteiger partial charge in [-0.15, -0.1) is 0 Å². The monoisotopic (exact) mass is 225 g/mol. The fourth-order valence-electron chi connectivity index (χ4n) is 1.58. The number of hydrogen-bond acceptors (Lipinski definition) is 1. The summed E-state index contributed by atoms with van der Waals surface area (Å²) in [4.78, 5) is 0. The lowest BCUT2D eigenvalue weighted by molar-refractivity contribution is -0.136. The van der Waals surface area contributed by atoms with Crippen LogP contribution in [0.4, 0.5) is 13.2 Å². The molecule has 0 rings (SSSR count). The third-order valence-electron chi connectivity index (χ3n) is 2.65. The van der Waals surface area contributed by atoms with Crippen LogP contribution in [0.1, 0.15) is 46.5 Å². The van der Waals surface area contributed by atoms with E-state index in [1.165, 1.54) is 0 Å². The Labute approximate surface area is 90.4 Å². The third-order valence-corrected chi connectivity index (χ3v) is 2.65. The van der Waals surface area contributed by atoms with Crippen molar-refractivity contribution in [1.82, 2.24) is 5.32 Å². The Morgan fingerprint density at radius 3 is 2.20 bits per heavy atom. The average molecular weight is 225 g/mol. The maximum absolute atomic E-state index is 12.0. The van der Waals surface area contributed by atoms with Crippen LogP contribution in [-0.2, 0) is 0 Å². The molecule has 2 atom stereocenters. The van der Waals surface area contributed by atoms with Gasteiger partial charge >= 0.3 is 6.18 Å². The summed E-state index contributed by atoms with van der Waals surface area (Å²) in [5.74, 6) is 0.488. The fourth-order valence-corrected chi connectivity index (χ4v) is 1.58. The van der Waals surface area contributed by atoms with E-state index in [4.69, 9.17) is 0 Å². The molecule has 15 heavy (non-hydrogen) atoms. The summed E-state index contributed by atoms with van der Waals surface area (Å²) in [7, 11) is 0. The summed E-state index contributed by atoms with van der Waals surface area (Å²) >= 11 is 0. The van der Waals surface area contributed by atoms with Crippen LogP contribution < -0.4 is 5.32 Å². The largest absolute Gasteiger partial charge is 0.389 e. The molecule has 0 aliphatic rings. The van der Waals surface area contributed by atoms with E-state index in [0.717, 1.165) is 19.4 Å². The van der Waals surface area contributed by atoms with Gasteiger partial charge in [-0.05, 0) is 25.3 Å². The van der Waals surface area contributed by atoms with Gasteiger partial charge in [0.25, 0.3) is 0 Å². The van der Waals surface area contributed by atoms with E-state index in [0.29, 0.717) is 5.92 Å². The van der Waals surface area contributed by atoms with Crippen LogP contribution in [-0.4, -0.2) is 18.8 Å². The van der Waals surface area contributed by atoms with Crippen molar-refractivity contribution in [1.29, 1.82) is 0 Å². The van der Waals surface area contributed by atoms with E-state index < -0.39 is 12.6 Å². The highest BCUT2D eigenvalue weighted by Crippen LogP contribution is 2.24. The molecule has 0 saturated carbocycles. The predicted octanol–water partition coefficient (Wildman–Crippen LogP) is 3.74.